The second-order valence-electron chi connectivity index (χ2n) is 5.01. The monoisotopic (exact) mass is 270 g/mol. The Morgan fingerprint density at radius 1 is 1.37 bits per heavy atom. The van der Waals surface area contributed by atoms with Gasteiger partial charge in [0.25, 0.3) is 0 Å². The number of aliphatic carboxylic acids is 1. The number of rotatable bonds is 5. The molecule has 106 valence electrons. The summed E-state index contributed by atoms with van der Waals surface area (Å²) in [5, 5.41) is 29.0. The Balaban J connectivity index is 2.79. The van der Waals surface area contributed by atoms with Crippen molar-refractivity contribution in [3.63, 3.8) is 0 Å². The van der Waals surface area contributed by atoms with E-state index in [0.29, 0.717) is 5.56 Å². The maximum Gasteiger partial charge on any atom is 0.330 e. The molecule has 1 aromatic carbocycles. The summed E-state index contributed by atoms with van der Waals surface area (Å²) in [6.45, 7) is 5.05. The fraction of sp³-hybridized carbons (Fsp3) is 0.417. The van der Waals surface area contributed by atoms with E-state index in [4.69, 9.17) is 15.1 Å². The molecule has 0 aliphatic rings. The molecule has 0 spiro atoms. The van der Waals surface area contributed by atoms with Crippen LogP contribution in [0.1, 0.15) is 32.4 Å². The number of nitrogens with one attached hydrogen (secondary N) is 2. The third-order valence-electron chi connectivity index (χ3n) is 2.13. The van der Waals surface area contributed by atoms with E-state index in [1.807, 2.05) is 0 Å². The summed E-state index contributed by atoms with van der Waals surface area (Å²) in [4.78, 5) is 16.2. The van der Waals surface area contributed by atoms with Crippen LogP contribution in [0, 0.1) is 5.21 Å². The maximum atomic E-state index is 11.6. The number of quaternary nitrogens is 1. The molecule has 2 atom stereocenters. The number of hydrogen-bond acceptors (Lipinski definition) is 5. The Morgan fingerprint density at radius 3 is 2.32 bits per heavy atom. The minimum absolute atomic E-state index is 0.0187. The van der Waals surface area contributed by atoms with Crippen LogP contribution in [0.15, 0.2) is 24.3 Å². The van der Waals surface area contributed by atoms with Crippen molar-refractivity contribution < 1.29 is 25.2 Å². The van der Waals surface area contributed by atoms with Crippen LogP contribution in [0.25, 0.3) is 0 Å². The lowest BCUT2D eigenvalue weighted by Crippen LogP contribution is -3.14. The van der Waals surface area contributed by atoms with E-state index in [0.717, 1.165) is 0 Å². The zero-order valence-corrected chi connectivity index (χ0v) is 11.0. The number of aromatic hydroxyl groups is 1. The zero-order chi connectivity index (χ0) is 14.6. The van der Waals surface area contributed by atoms with Crippen LogP contribution in [0.2, 0.25) is 0 Å². The second-order valence-corrected chi connectivity index (χ2v) is 5.01. The molecule has 1 rings (SSSR count). The first-order valence-corrected chi connectivity index (χ1v) is 5.70. The molecule has 19 heavy (non-hydrogen) atoms. The summed E-state index contributed by atoms with van der Waals surface area (Å²) < 4.78 is 0. The Hall–Kier alpha value is -1.67. The predicted octanol–water partition coefficient (Wildman–Crippen LogP) is 0.135. The Bertz CT molecular complexity index is 427. The van der Waals surface area contributed by atoms with Crippen LogP contribution in [0.4, 0.5) is 0 Å². The summed E-state index contributed by atoms with van der Waals surface area (Å²) in [5.74, 6) is -1.19. The smallest absolute Gasteiger partial charge is 0.330 e. The highest BCUT2D eigenvalue weighted by atomic mass is 16.9. The Morgan fingerprint density at radius 2 is 1.89 bits per heavy atom. The van der Waals surface area contributed by atoms with Crippen molar-refractivity contribution in [1.29, 1.82) is 0 Å². The van der Waals surface area contributed by atoms with Crippen molar-refractivity contribution >= 4 is 5.97 Å². The first-order chi connectivity index (χ1) is 8.69. The Labute approximate surface area is 110 Å². The molecule has 0 fully saturated rings. The number of phenolic OH excluding ortho intramolecular Hbond substituents is 1. The molecule has 0 saturated heterocycles. The van der Waals surface area contributed by atoms with Crippen molar-refractivity contribution in [2.24, 2.45) is 0 Å². The lowest BCUT2D eigenvalue weighted by Gasteiger charge is -2.29. The minimum Gasteiger partial charge on any atom is -0.579 e. The van der Waals surface area contributed by atoms with Gasteiger partial charge in [0, 0.05) is 0 Å². The molecule has 0 aromatic heterocycles. The number of hydrogen-bond donors (Lipinski definition) is 4. The van der Waals surface area contributed by atoms with E-state index >= 15 is 0 Å². The molecule has 0 aliphatic carbocycles. The SMILES string of the molecule is CC(C)(C)O[NH+]([O-])N[C@H](C(=O)O)c1ccc(O)cc1. The molecule has 1 aromatic rings. The van der Waals surface area contributed by atoms with Gasteiger partial charge in [-0.15, -0.1) is 10.8 Å². The molecule has 7 heteroatoms. The largest absolute Gasteiger partial charge is 0.579 e. The molecule has 0 saturated carbocycles. The summed E-state index contributed by atoms with van der Waals surface area (Å²) in [5.41, 5.74) is 1.90. The maximum absolute atomic E-state index is 11.6. The van der Waals surface area contributed by atoms with Crippen LogP contribution < -0.4 is 10.8 Å². The van der Waals surface area contributed by atoms with Gasteiger partial charge in [-0.25, -0.2) is 4.79 Å². The fourth-order valence-electron chi connectivity index (χ4n) is 1.38. The molecule has 4 N–H and O–H groups in total. The number of phenols is 1. The molecule has 0 amide bonds. The van der Waals surface area contributed by atoms with Crippen molar-refractivity contribution in [1.82, 2.24) is 5.43 Å². The highest BCUT2D eigenvalue weighted by Gasteiger charge is 2.25. The molecule has 1 unspecified atom stereocenters. The molecule has 0 aliphatic heterocycles. The Kier molecular flexibility index (Phi) is 4.84. The topological polar surface area (TPSA) is 106 Å². The van der Waals surface area contributed by atoms with Gasteiger partial charge in [-0.1, -0.05) is 12.1 Å². The summed E-state index contributed by atoms with van der Waals surface area (Å²) >= 11 is 0. The highest BCUT2D eigenvalue weighted by Crippen LogP contribution is 2.16. The van der Waals surface area contributed by atoms with Gasteiger partial charge in [0.2, 0.25) is 0 Å². The van der Waals surface area contributed by atoms with Crippen LogP contribution in [0.3, 0.4) is 0 Å². The third-order valence-corrected chi connectivity index (χ3v) is 2.13. The van der Waals surface area contributed by atoms with Crippen LogP contribution in [0.5, 0.6) is 5.75 Å². The van der Waals surface area contributed by atoms with E-state index in [-0.39, 0.29) is 5.75 Å². The standard InChI is InChI=1S/C12H18N2O5/c1-12(2,3)19-14(18)13-10(11(16)17)8-4-6-9(15)7-5-8/h4-7,10,13-15H,1-3H3,(H,16,17)/t10-/m0/s1. The van der Waals surface area contributed by atoms with Gasteiger partial charge in [0.1, 0.15) is 11.4 Å². The second kappa shape index (κ2) is 5.98. The van der Waals surface area contributed by atoms with Gasteiger partial charge >= 0.3 is 5.97 Å². The van der Waals surface area contributed by atoms with E-state index in [2.05, 4.69) is 5.43 Å². The van der Waals surface area contributed by atoms with Crippen molar-refractivity contribution in [3.05, 3.63) is 35.0 Å². The number of carboxylic acids is 1. The summed E-state index contributed by atoms with van der Waals surface area (Å²) in [7, 11) is 0. The molecular weight excluding hydrogens is 252 g/mol. The van der Waals surface area contributed by atoms with Crippen LogP contribution in [-0.2, 0) is 9.63 Å². The quantitative estimate of drug-likeness (QED) is 0.567. The van der Waals surface area contributed by atoms with Gasteiger partial charge in [0.05, 0.1) is 0 Å². The zero-order valence-electron chi connectivity index (χ0n) is 11.0. The van der Waals surface area contributed by atoms with Crippen molar-refractivity contribution in [2.45, 2.75) is 32.4 Å². The number of benzene rings is 1. The number of carboxylic acid groups (broad SMARTS) is 1. The van der Waals surface area contributed by atoms with E-state index < -0.39 is 22.9 Å². The first-order valence-electron chi connectivity index (χ1n) is 5.70. The van der Waals surface area contributed by atoms with Crippen molar-refractivity contribution in [3.8, 4) is 5.75 Å². The van der Waals surface area contributed by atoms with Gasteiger partial charge in [-0.2, -0.15) is 4.84 Å². The third kappa shape index (κ3) is 5.23. The van der Waals surface area contributed by atoms with Gasteiger partial charge < -0.3 is 15.4 Å². The van der Waals surface area contributed by atoms with Crippen LogP contribution >= 0.6 is 0 Å². The van der Waals surface area contributed by atoms with Gasteiger partial charge in [-0.3, -0.25) is 0 Å². The molecule has 0 radical (unpaired) electrons. The average molecular weight is 270 g/mol. The number of carbonyl (C=O) groups is 1. The molecule has 0 heterocycles. The van der Waals surface area contributed by atoms with Crippen LogP contribution in [-0.4, -0.2) is 21.8 Å². The molecule has 0 bridgehead atoms. The highest BCUT2D eigenvalue weighted by molar-refractivity contribution is 5.75. The van der Waals surface area contributed by atoms with Gasteiger partial charge in [0.15, 0.2) is 6.04 Å². The lowest BCUT2D eigenvalue weighted by molar-refractivity contribution is -1.10. The minimum atomic E-state index is -1.23. The van der Waals surface area contributed by atoms with Crippen molar-refractivity contribution in [2.75, 3.05) is 0 Å². The van der Waals surface area contributed by atoms with E-state index in [9.17, 15) is 10.0 Å². The predicted molar refractivity (Wildman–Crippen MR) is 66.8 cm³/mol. The molecule has 7 nitrogen and oxygen atoms in total. The van der Waals surface area contributed by atoms with Gasteiger partial charge in [-0.05, 0) is 38.5 Å². The average Bonchev–Trinajstić information content (AvgIpc) is 2.24. The summed E-state index contributed by atoms with van der Waals surface area (Å²) in [6, 6.07) is 4.32. The lowest BCUT2D eigenvalue weighted by atomic mass is 10.1. The molecular formula is C12H18N2O5. The van der Waals surface area contributed by atoms with E-state index in [1.54, 1.807) is 20.8 Å². The normalized spacial score (nSPS) is 14.9. The first kappa shape index (κ1) is 15.4. The fourth-order valence-corrected chi connectivity index (χ4v) is 1.38. The summed E-state index contributed by atoms with van der Waals surface area (Å²) in [6.07, 6.45) is 0. The van der Waals surface area contributed by atoms with E-state index in [1.165, 1.54) is 24.3 Å².